The Bertz CT molecular complexity index is 1130. The van der Waals surface area contributed by atoms with E-state index in [-0.39, 0.29) is 36.5 Å². The molecule has 2 aromatic rings. The zero-order valence-corrected chi connectivity index (χ0v) is 22.0. The van der Waals surface area contributed by atoms with Gasteiger partial charge in [-0.15, -0.1) is 0 Å². The van der Waals surface area contributed by atoms with Crippen LogP contribution in [0.1, 0.15) is 55.1 Å². The van der Waals surface area contributed by atoms with E-state index >= 15 is 0 Å². The highest BCUT2D eigenvalue weighted by Gasteiger charge is 2.30. The Morgan fingerprint density at radius 1 is 1.05 bits per heavy atom. The van der Waals surface area contributed by atoms with E-state index in [2.05, 4.69) is 5.32 Å². The molecule has 1 heterocycles. The minimum Gasteiger partial charge on any atom is -0.488 e. The summed E-state index contributed by atoms with van der Waals surface area (Å²) >= 11 is 0. The average molecular weight is 525 g/mol. The molecule has 0 aliphatic carbocycles. The van der Waals surface area contributed by atoms with Crippen molar-refractivity contribution in [1.29, 1.82) is 5.41 Å². The summed E-state index contributed by atoms with van der Waals surface area (Å²) in [6.07, 6.45) is 1.09. The Labute approximate surface area is 222 Å². The number of hydrogen-bond donors (Lipinski definition) is 4. The molecule has 1 aliphatic heterocycles. The molecular weight excluding hydrogens is 488 g/mol. The van der Waals surface area contributed by atoms with Gasteiger partial charge in [0.1, 0.15) is 29.8 Å². The SMILES string of the molecule is CC(C)(C)Oc1ccc(C[C@H](NC(=O)c2ccc(C(=N)N)cc2)C(=O)N2CCC(OCC(=O)O)CC2)cc1. The first-order valence-corrected chi connectivity index (χ1v) is 12.6. The molecule has 1 atom stereocenters. The Balaban J connectivity index is 1.73. The highest BCUT2D eigenvalue weighted by molar-refractivity contribution is 5.99. The van der Waals surface area contributed by atoms with Gasteiger partial charge in [-0.3, -0.25) is 15.0 Å². The molecule has 0 saturated carbocycles. The number of piperidine rings is 1. The third kappa shape index (κ3) is 8.58. The van der Waals surface area contributed by atoms with Crippen molar-refractivity contribution >= 4 is 23.6 Å². The van der Waals surface area contributed by atoms with Gasteiger partial charge in [-0.25, -0.2) is 4.79 Å². The van der Waals surface area contributed by atoms with E-state index in [1.165, 1.54) is 0 Å². The molecular formula is C28H36N4O6. The summed E-state index contributed by atoms with van der Waals surface area (Å²) in [6.45, 7) is 6.33. The highest BCUT2D eigenvalue weighted by atomic mass is 16.5. The van der Waals surface area contributed by atoms with Crippen LogP contribution in [-0.4, -0.2) is 71.1 Å². The van der Waals surface area contributed by atoms with Crippen molar-refractivity contribution in [2.24, 2.45) is 5.73 Å². The number of carbonyl (C=O) groups is 3. The fourth-order valence-corrected chi connectivity index (χ4v) is 4.18. The van der Waals surface area contributed by atoms with Gasteiger partial charge in [0.05, 0.1) is 6.10 Å². The van der Waals surface area contributed by atoms with Crippen LogP contribution in [0.15, 0.2) is 48.5 Å². The molecule has 0 unspecified atom stereocenters. The first-order valence-electron chi connectivity index (χ1n) is 12.6. The van der Waals surface area contributed by atoms with Gasteiger partial charge in [0.25, 0.3) is 5.91 Å². The lowest BCUT2D eigenvalue weighted by molar-refractivity contribution is -0.147. The predicted octanol–water partition coefficient (Wildman–Crippen LogP) is 2.58. The lowest BCUT2D eigenvalue weighted by Crippen LogP contribution is -2.52. The Kier molecular flexibility index (Phi) is 9.46. The maximum Gasteiger partial charge on any atom is 0.329 e. The van der Waals surface area contributed by atoms with Crippen molar-refractivity contribution in [3.63, 3.8) is 0 Å². The lowest BCUT2D eigenvalue weighted by Gasteiger charge is -2.34. The summed E-state index contributed by atoms with van der Waals surface area (Å²) in [5, 5.41) is 19.2. The van der Waals surface area contributed by atoms with E-state index in [0.717, 1.165) is 5.56 Å². The molecule has 10 nitrogen and oxygen atoms in total. The number of carboxylic acids is 1. The van der Waals surface area contributed by atoms with Crippen LogP contribution in [0.5, 0.6) is 5.75 Å². The maximum absolute atomic E-state index is 13.5. The Morgan fingerprint density at radius 2 is 1.63 bits per heavy atom. The van der Waals surface area contributed by atoms with Gasteiger partial charge in [0, 0.05) is 30.6 Å². The van der Waals surface area contributed by atoms with Crippen molar-refractivity contribution < 1.29 is 29.0 Å². The first-order chi connectivity index (χ1) is 17.9. The summed E-state index contributed by atoms with van der Waals surface area (Å²) in [4.78, 5) is 39.1. The second-order valence-electron chi connectivity index (χ2n) is 10.3. The van der Waals surface area contributed by atoms with Crippen molar-refractivity contribution in [3.8, 4) is 5.75 Å². The van der Waals surface area contributed by atoms with E-state index in [1.807, 2.05) is 45.0 Å². The first kappa shape index (κ1) is 28.6. The van der Waals surface area contributed by atoms with Crippen molar-refractivity contribution in [2.45, 2.75) is 57.8 Å². The standard InChI is InChI=1S/C28H36N4O6/c1-28(2,3)38-22-10-4-18(5-11-22)16-23(31-26(35)20-8-6-19(7-9-20)25(29)30)27(36)32-14-12-21(13-15-32)37-17-24(33)34/h4-11,21,23H,12-17H2,1-3H3,(H3,29,30)(H,31,35)(H,33,34)/t23-/m0/s1. The van der Waals surface area contributed by atoms with Gasteiger partial charge in [0.15, 0.2) is 0 Å². The quantitative estimate of drug-likeness (QED) is 0.275. The highest BCUT2D eigenvalue weighted by Crippen LogP contribution is 2.20. The molecule has 0 bridgehead atoms. The summed E-state index contributed by atoms with van der Waals surface area (Å²) in [6, 6.07) is 12.9. The summed E-state index contributed by atoms with van der Waals surface area (Å²) in [5.74, 6) is -1.04. The number of rotatable bonds is 10. The number of nitrogens with one attached hydrogen (secondary N) is 2. The maximum atomic E-state index is 13.5. The number of nitrogen functional groups attached to an aromatic ring is 1. The number of nitrogens with zero attached hydrogens (tertiary/aromatic N) is 1. The number of amides is 2. The molecule has 2 amide bonds. The number of ether oxygens (including phenoxy) is 2. The molecule has 0 radical (unpaired) electrons. The van der Waals surface area contributed by atoms with Crippen molar-refractivity contribution in [2.75, 3.05) is 19.7 Å². The van der Waals surface area contributed by atoms with E-state index < -0.39 is 17.9 Å². The van der Waals surface area contributed by atoms with E-state index in [4.69, 9.17) is 25.7 Å². The molecule has 38 heavy (non-hydrogen) atoms. The van der Waals surface area contributed by atoms with Gasteiger partial charge in [-0.2, -0.15) is 0 Å². The molecule has 3 rings (SSSR count). The van der Waals surface area contributed by atoms with E-state index in [0.29, 0.717) is 42.8 Å². The Hall–Kier alpha value is -3.92. The topological polar surface area (TPSA) is 155 Å². The molecule has 2 aromatic carbocycles. The molecule has 0 spiro atoms. The van der Waals surface area contributed by atoms with Crippen LogP contribution in [0.3, 0.4) is 0 Å². The van der Waals surface area contributed by atoms with Crippen LogP contribution < -0.4 is 15.8 Å². The van der Waals surface area contributed by atoms with Gasteiger partial charge in [-0.1, -0.05) is 24.3 Å². The predicted molar refractivity (Wildman–Crippen MR) is 142 cm³/mol. The third-order valence-electron chi connectivity index (χ3n) is 6.04. The number of likely N-dealkylation sites (tertiary alicyclic amines) is 1. The second kappa shape index (κ2) is 12.6. The lowest BCUT2D eigenvalue weighted by atomic mass is 10.0. The summed E-state index contributed by atoms with van der Waals surface area (Å²) in [5.41, 5.74) is 6.87. The molecule has 1 fully saturated rings. The van der Waals surface area contributed by atoms with E-state index in [1.54, 1.807) is 29.2 Å². The van der Waals surface area contributed by atoms with Gasteiger partial charge >= 0.3 is 5.97 Å². The van der Waals surface area contributed by atoms with E-state index in [9.17, 15) is 14.4 Å². The molecule has 1 aliphatic rings. The van der Waals surface area contributed by atoms with Crippen LogP contribution in [0.4, 0.5) is 0 Å². The van der Waals surface area contributed by atoms with Crippen molar-refractivity contribution in [3.05, 3.63) is 65.2 Å². The second-order valence-corrected chi connectivity index (χ2v) is 10.3. The Morgan fingerprint density at radius 3 is 2.16 bits per heavy atom. The normalized spacial score (nSPS) is 15.0. The number of amidine groups is 1. The van der Waals surface area contributed by atoms with Gasteiger partial charge in [-0.05, 0) is 63.4 Å². The van der Waals surface area contributed by atoms with Gasteiger partial charge in [0.2, 0.25) is 5.91 Å². The smallest absolute Gasteiger partial charge is 0.329 e. The summed E-state index contributed by atoms with van der Waals surface area (Å²) < 4.78 is 11.3. The van der Waals surface area contributed by atoms with Crippen LogP contribution in [-0.2, 0) is 20.7 Å². The van der Waals surface area contributed by atoms with Crippen LogP contribution >= 0.6 is 0 Å². The third-order valence-corrected chi connectivity index (χ3v) is 6.04. The number of benzene rings is 2. The van der Waals surface area contributed by atoms with Crippen LogP contribution in [0.2, 0.25) is 0 Å². The van der Waals surface area contributed by atoms with Crippen LogP contribution in [0.25, 0.3) is 0 Å². The number of nitrogens with two attached hydrogens (primary N) is 1. The molecule has 204 valence electrons. The zero-order chi connectivity index (χ0) is 27.9. The number of carboxylic acid groups (broad SMARTS) is 1. The fourth-order valence-electron chi connectivity index (χ4n) is 4.18. The zero-order valence-electron chi connectivity index (χ0n) is 22.0. The number of aliphatic carboxylic acids is 1. The molecule has 0 aromatic heterocycles. The monoisotopic (exact) mass is 524 g/mol. The fraction of sp³-hybridized carbons (Fsp3) is 0.429. The molecule has 5 N–H and O–H groups in total. The minimum atomic E-state index is -1.03. The average Bonchev–Trinajstić information content (AvgIpc) is 2.87. The number of hydrogen-bond acceptors (Lipinski definition) is 6. The largest absolute Gasteiger partial charge is 0.488 e. The minimum absolute atomic E-state index is 0.0976. The van der Waals surface area contributed by atoms with Crippen molar-refractivity contribution in [1.82, 2.24) is 10.2 Å². The van der Waals surface area contributed by atoms with Crippen LogP contribution in [0, 0.1) is 5.41 Å². The number of carbonyl (C=O) groups excluding carboxylic acids is 2. The summed E-state index contributed by atoms with van der Waals surface area (Å²) in [7, 11) is 0. The van der Waals surface area contributed by atoms with Gasteiger partial charge < -0.3 is 30.5 Å². The molecule has 1 saturated heterocycles. The molecule has 10 heteroatoms.